The van der Waals surface area contributed by atoms with E-state index < -0.39 is 0 Å². The van der Waals surface area contributed by atoms with Crippen molar-refractivity contribution in [2.45, 2.75) is 25.0 Å². The number of imidazole rings is 1. The molecule has 7 heteroatoms. The highest BCUT2D eigenvalue weighted by molar-refractivity contribution is 7.99. The van der Waals surface area contributed by atoms with Crippen LogP contribution in [0.5, 0.6) is 0 Å². The van der Waals surface area contributed by atoms with Crippen LogP contribution in [0.15, 0.2) is 60.0 Å². The van der Waals surface area contributed by atoms with Gasteiger partial charge in [0.05, 0.1) is 28.7 Å². The zero-order chi connectivity index (χ0) is 18.5. The number of fused-ring (bicyclic) bond motifs is 1. The second-order valence-corrected chi connectivity index (χ2v) is 6.99. The van der Waals surface area contributed by atoms with E-state index in [1.54, 1.807) is 30.5 Å². The SMILES string of the molecule is CC(C)NC(=O)c1ccccc1NC(=O)CSc1ncc2ccccn12. The number of pyridine rings is 1. The number of hydrogen-bond donors (Lipinski definition) is 2. The van der Waals surface area contributed by atoms with E-state index in [1.165, 1.54) is 11.8 Å². The van der Waals surface area contributed by atoms with Crippen molar-refractivity contribution < 1.29 is 9.59 Å². The Kier molecular flexibility index (Phi) is 5.58. The van der Waals surface area contributed by atoms with E-state index >= 15 is 0 Å². The predicted molar refractivity (Wildman–Crippen MR) is 104 cm³/mol. The van der Waals surface area contributed by atoms with Crippen LogP contribution in [0, 0.1) is 0 Å². The average Bonchev–Trinajstić information content (AvgIpc) is 3.03. The summed E-state index contributed by atoms with van der Waals surface area (Å²) in [6.07, 6.45) is 3.68. The highest BCUT2D eigenvalue weighted by atomic mass is 32.2. The van der Waals surface area contributed by atoms with E-state index in [9.17, 15) is 9.59 Å². The van der Waals surface area contributed by atoms with Crippen LogP contribution in [0.25, 0.3) is 5.52 Å². The average molecular weight is 368 g/mol. The van der Waals surface area contributed by atoms with E-state index in [0.29, 0.717) is 11.3 Å². The molecule has 1 aromatic carbocycles. The van der Waals surface area contributed by atoms with Gasteiger partial charge in [0.25, 0.3) is 5.91 Å². The zero-order valence-electron chi connectivity index (χ0n) is 14.6. The molecular formula is C19H20N4O2S. The molecule has 2 N–H and O–H groups in total. The van der Waals surface area contributed by atoms with Gasteiger partial charge in [0.15, 0.2) is 5.16 Å². The fourth-order valence-corrected chi connectivity index (χ4v) is 3.24. The van der Waals surface area contributed by atoms with Gasteiger partial charge in [-0.2, -0.15) is 0 Å². The van der Waals surface area contributed by atoms with Gasteiger partial charge in [-0.05, 0) is 38.1 Å². The number of carbonyl (C=O) groups excluding carboxylic acids is 2. The van der Waals surface area contributed by atoms with Gasteiger partial charge in [0.2, 0.25) is 5.91 Å². The minimum Gasteiger partial charge on any atom is -0.350 e. The number of rotatable bonds is 6. The molecule has 0 radical (unpaired) electrons. The lowest BCUT2D eigenvalue weighted by molar-refractivity contribution is -0.113. The fourth-order valence-electron chi connectivity index (χ4n) is 2.47. The molecule has 0 saturated carbocycles. The van der Waals surface area contributed by atoms with Gasteiger partial charge in [0.1, 0.15) is 0 Å². The van der Waals surface area contributed by atoms with Gasteiger partial charge in [-0.1, -0.05) is 30.0 Å². The molecule has 134 valence electrons. The van der Waals surface area contributed by atoms with Crippen LogP contribution in [-0.2, 0) is 4.79 Å². The first-order valence-electron chi connectivity index (χ1n) is 8.29. The number of benzene rings is 1. The summed E-state index contributed by atoms with van der Waals surface area (Å²) in [5, 5.41) is 6.41. The van der Waals surface area contributed by atoms with Gasteiger partial charge in [0, 0.05) is 12.2 Å². The summed E-state index contributed by atoms with van der Waals surface area (Å²) >= 11 is 1.35. The monoisotopic (exact) mass is 368 g/mol. The Bertz CT molecular complexity index is 936. The number of para-hydroxylation sites is 1. The minimum atomic E-state index is -0.206. The third-order valence-corrected chi connectivity index (χ3v) is 4.57. The van der Waals surface area contributed by atoms with E-state index in [2.05, 4.69) is 15.6 Å². The van der Waals surface area contributed by atoms with Crippen molar-refractivity contribution in [3.05, 3.63) is 60.4 Å². The molecule has 2 heterocycles. The molecule has 0 fully saturated rings. The molecule has 2 amide bonds. The maximum atomic E-state index is 12.3. The summed E-state index contributed by atoms with van der Waals surface area (Å²) in [6, 6.07) is 12.8. The maximum Gasteiger partial charge on any atom is 0.253 e. The molecule has 2 aromatic heterocycles. The highest BCUT2D eigenvalue weighted by Gasteiger charge is 2.14. The van der Waals surface area contributed by atoms with Gasteiger partial charge in [-0.3, -0.25) is 14.0 Å². The predicted octanol–water partition coefficient (Wildman–Crippen LogP) is 3.20. The van der Waals surface area contributed by atoms with Crippen molar-refractivity contribution in [1.82, 2.24) is 14.7 Å². The Balaban J connectivity index is 1.66. The number of amides is 2. The topological polar surface area (TPSA) is 75.5 Å². The summed E-state index contributed by atoms with van der Waals surface area (Å²) in [5.41, 5.74) is 1.93. The van der Waals surface area contributed by atoms with Gasteiger partial charge >= 0.3 is 0 Å². The fraction of sp³-hybridized carbons (Fsp3) is 0.211. The quantitative estimate of drug-likeness (QED) is 0.655. The Labute approximate surface area is 156 Å². The molecule has 0 atom stereocenters. The lowest BCUT2D eigenvalue weighted by atomic mass is 10.1. The molecule has 0 saturated heterocycles. The van der Waals surface area contributed by atoms with E-state index in [-0.39, 0.29) is 23.6 Å². The molecule has 3 rings (SSSR count). The van der Waals surface area contributed by atoms with Crippen molar-refractivity contribution in [3.8, 4) is 0 Å². The Morgan fingerprint density at radius 3 is 2.73 bits per heavy atom. The van der Waals surface area contributed by atoms with Crippen molar-refractivity contribution in [1.29, 1.82) is 0 Å². The van der Waals surface area contributed by atoms with Crippen molar-refractivity contribution in [2.24, 2.45) is 0 Å². The number of anilines is 1. The smallest absolute Gasteiger partial charge is 0.253 e. The van der Waals surface area contributed by atoms with Crippen molar-refractivity contribution in [2.75, 3.05) is 11.1 Å². The first kappa shape index (κ1) is 18.0. The van der Waals surface area contributed by atoms with Crippen LogP contribution < -0.4 is 10.6 Å². The number of nitrogens with zero attached hydrogens (tertiary/aromatic N) is 2. The summed E-state index contributed by atoms with van der Waals surface area (Å²) < 4.78 is 1.93. The molecule has 6 nitrogen and oxygen atoms in total. The maximum absolute atomic E-state index is 12.3. The zero-order valence-corrected chi connectivity index (χ0v) is 15.4. The van der Waals surface area contributed by atoms with Gasteiger partial charge in [-0.15, -0.1) is 0 Å². The van der Waals surface area contributed by atoms with E-state index in [4.69, 9.17) is 0 Å². The van der Waals surface area contributed by atoms with Gasteiger partial charge in [-0.25, -0.2) is 4.98 Å². The van der Waals surface area contributed by atoms with E-state index in [1.807, 2.05) is 42.6 Å². The molecular weight excluding hydrogens is 348 g/mol. The number of thioether (sulfide) groups is 1. The van der Waals surface area contributed by atoms with Crippen molar-refractivity contribution >= 4 is 34.8 Å². The Morgan fingerprint density at radius 2 is 1.92 bits per heavy atom. The lowest BCUT2D eigenvalue weighted by Gasteiger charge is -2.13. The molecule has 0 aliphatic rings. The molecule has 0 unspecified atom stereocenters. The Hall–Kier alpha value is -2.80. The molecule has 0 spiro atoms. The second-order valence-electron chi connectivity index (χ2n) is 6.05. The van der Waals surface area contributed by atoms with Crippen LogP contribution in [0.4, 0.5) is 5.69 Å². The summed E-state index contributed by atoms with van der Waals surface area (Å²) in [7, 11) is 0. The number of carbonyl (C=O) groups is 2. The molecule has 0 aliphatic heterocycles. The summed E-state index contributed by atoms with van der Waals surface area (Å²) in [6.45, 7) is 3.79. The van der Waals surface area contributed by atoms with Crippen LogP contribution in [0.1, 0.15) is 24.2 Å². The normalized spacial score (nSPS) is 10.9. The summed E-state index contributed by atoms with van der Waals surface area (Å²) in [5.74, 6) is -0.191. The summed E-state index contributed by atoms with van der Waals surface area (Å²) in [4.78, 5) is 28.9. The Morgan fingerprint density at radius 1 is 1.15 bits per heavy atom. The highest BCUT2D eigenvalue weighted by Crippen LogP contribution is 2.20. The number of hydrogen-bond acceptors (Lipinski definition) is 4. The largest absolute Gasteiger partial charge is 0.350 e. The van der Waals surface area contributed by atoms with Crippen LogP contribution >= 0.6 is 11.8 Å². The molecule has 3 aromatic rings. The third-order valence-electron chi connectivity index (χ3n) is 3.60. The number of nitrogens with one attached hydrogen (secondary N) is 2. The standard InChI is InChI=1S/C19H20N4O2S/c1-13(2)21-18(25)15-8-3-4-9-16(15)22-17(24)12-26-19-20-11-14-7-5-6-10-23(14)19/h3-11,13H,12H2,1-2H3,(H,21,25)(H,22,24). The third kappa shape index (κ3) is 4.23. The van der Waals surface area contributed by atoms with Crippen molar-refractivity contribution in [3.63, 3.8) is 0 Å². The first-order valence-corrected chi connectivity index (χ1v) is 9.28. The molecule has 0 bridgehead atoms. The van der Waals surface area contributed by atoms with Gasteiger partial charge < -0.3 is 10.6 Å². The van der Waals surface area contributed by atoms with Crippen LogP contribution in [-0.4, -0.2) is 33.0 Å². The lowest BCUT2D eigenvalue weighted by Crippen LogP contribution is -2.31. The number of aromatic nitrogens is 2. The van der Waals surface area contributed by atoms with Crippen LogP contribution in [0.2, 0.25) is 0 Å². The minimum absolute atomic E-state index is 0.0236. The molecule has 0 aliphatic carbocycles. The first-order chi connectivity index (χ1) is 12.5. The molecule has 26 heavy (non-hydrogen) atoms. The van der Waals surface area contributed by atoms with E-state index in [0.717, 1.165) is 10.7 Å². The second kappa shape index (κ2) is 8.05. The van der Waals surface area contributed by atoms with Crippen LogP contribution in [0.3, 0.4) is 0 Å².